The fraction of sp³-hybridized carbons (Fsp3) is 0.182. The number of nitrogens with two attached hydrogens (primary N) is 1. The number of methoxy groups -OCH3 is 1. The maximum atomic E-state index is 12.1. The highest BCUT2D eigenvalue weighted by atomic mass is 16.5. The number of imidazole rings is 1. The number of rotatable bonds is 7. The van der Waals surface area contributed by atoms with Crippen molar-refractivity contribution in [2.24, 2.45) is 0 Å². The van der Waals surface area contributed by atoms with Crippen LogP contribution < -0.4 is 26.2 Å². The molecule has 6 aromatic rings. The van der Waals surface area contributed by atoms with Gasteiger partial charge in [0.25, 0.3) is 10.9 Å². The van der Waals surface area contributed by atoms with Crippen molar-refractivity contribution in [2.45, 2.75) is 6.54 Å². The summed E-state index contributed by atoms with van der Waals surface area (Å²) in [7, 11) is 1.43. The first kappa shape index (κ1) is 26.5. The van der Waals surface area contributed by atoms with Crippen molar-refractivity contribution in [3.8, 4) is 34.0 Å². The van der Waals surface area contributed by atoms with Crippen LogP contribution in [0, 0.1) is 0 Å². The van der Waals surface area contributed by atoms with Gasteiger partial charge >= 0.3 is 0 Å². The van der Waals surface area contributed by atoms with Gasteiger partial charge in [0.2, 0.25) is 0 Å². The van der Waals surface area contributed by atoms with E-state index in [1.807, 2.05) is 46.0 Å². The van der Waals surface area contributed by atoms with Gasteiger partial charge in [-0.3, -0.25) is 19.1 Å². The predicted octanol–water partition coefficient (Wildman–Crippen LogP) is 3.66. The van der Waals surface area contributed by atoms with Gasteiger partial charge in [-0.05, 0) is 41.5 Å². The highest BCUT2D eigenvalue weighted by Gasteiger charge is 2.29. The molecule has 214 valence electrons. The second-order valence-electron chi connectivity index (χ2n) is 10.6. The first-order chi connectivity index (χ1) is 21.0. The van der Waals surface area contributed by atoms with E-state index in [0.717, 1.165) is 58.7 Å². The first-order valence-corrected chi connectivity index (χ1v) is 14.1. The summed E-state index contributed by atoms with van der Waals surface area (Å²) in [6.07, 6.45) is 3.54. The fourth-order valence-corrected chi connectivity index (χ4v) is 5.76. The molecule has 0 amide bonds. The van der Waals surface area contributed by atoms with Crippen LogP contribution in [0.25, 0.3) is 39.4 Å². The molecule has 0 bridgehead atoms. The lowest BCUT2D eigenvalue weighted by atomic mass is 10.1. The Morgan fingerprint density at radius 2 is 1.63 bits per heavy atom. The molecule has 1 saturated heterocycles. The van der Waals surface area contributed by atoms with Crippen LogP contribution in [0.2, 0.25) is 0 Å². The van der Waals surface area contributed by atoms with Crippen LogP contribution in [-0.2, 0) is 6.54 Å². The van der Waals surface area contributed by atoms with Crippen LogP contribution in [0.1, 0.15) is 5.56 Å². The van der Waals surface area contributed by atoms with Gasteiger partial charge in [-0.2, -0.15) is 0 Å². The van der Waals surface area contributed by atoms with Crippen molar-refractivity contribution in [3.63, 3.8) is 0 Å². The number of hydrogen-bond acceptors (Lipinski definition) is 9. The number of aromatic nitrogens is 4. The van der Waals surface area contributed by atoms with Crippen LogP contribution in [0.15, 0.2) is 94.8 Å². The molecule has 2 N–H and O–H groups in total. The third-order valence-corrected chi connectivity index (χ3v) is 8.02. The molecule has 0 radical (unpaired) electrons. The van der Waals surface area contributed by atoms with Gasteiger partial charge in [-0.1, -0.05) is 42.5 Å². The normalized spacial score (nSPS) is 14.0. The molecule has 1 aliphatic heterocycles. The molecule has 10 heteroatoms. The van der Waals surface area contributed by atoms with Gasteiger partial charge in [0.05, 0.1) is 12.7 Å². The summed E-state index contributed by atoms with van der Waals surface area (Å²) in [5.41, 5.74) is 12.1. The van der Waals surface area contributed by atoms with Crippen LogP contribution in [0.3, 0.4) is 0 Å². The summed E-state index contributed by atoms with van der Waals surface area (Å²) in [5.74, 6) is 1.26. The lowest BCUT2D eigenvalue weighted by molar-refractivity contribution is 0.248. The minimum atomic E-state index is -0.535. The van der Waals surface area contributed by atoms with E-state index in [2.05, 4.69) is 52.3 Å². The Bertz CT molecular complexity index is 2000. The third-order valence-electron chi connectivity index (χ3n) is 8.02. The Morgan fingerprint density at radius 3 is 2.35 bits per heavy atom. The average molecular weight is 572 g/mol. The van der Waals surface area contributed by atoms with E-state index in [4.69, 9.17) is 20.4 Å². The summed E-state index contributed by atoms with van der Waals surface area (Å²) >= 11 is 0. The molecule has 0 atom stereocenters. The molecule has 1 fully saturated rings. The highest BCUT2D eigenvalue weighted by Crippen LogP contribution is 2.32. The quantitative estimate of drug-likeness (QED) is 0.286. The molecule has 3 aromatic carbocycles. The first-order valence-electron chi connectivity index (χ1n) is 14.1. The summed E-state index contributed by atoms with van der Waals surface area (Å²) in [6, 6.07) is 24.3. The van der Waals surface area contributed by atoms with Crippen LogP contribution in [0.4, 0.5) is 11.5 Å². The SMILES string of the molecule is COc1c(N2CCN(Cc3ccc(-n4c(-c5cccnc5N)nc5cc(-c6ccccc6)cnc54)cc3)CC2)c(=O)c1=O. The largest absolute Gasteiger partial charge is 0.491 e. The second kappa shape index (κ2) is 10.8. The number of nitrogen functional groups attached to an aromatic ring is 1. The van der Waals surface area contributed by atoms with Crippen molar-refractivity contribution in [1.29, 1.82) is 0 Å². The Morgan fingerprint density at radius 1 is 0.860 bits per heavy atom. The van der Waals surface area contributed by atoms with Crippen molar-refractivity contribution >= 4 is 22.7 Å². The van der Waals surface area contributed by atoms with Crippen molar-refractivity contribution in [2.75, 3.05) is 43.9 Å². The van der Waals surface area contributed by atoms with Crippen molar-refractivity contribution in [1.82, 2.24) is 24.4 Å². The Labute approximate surface area is 247 Å². The lowest BCUT2D eigenvalue weighted by Crippen LogP contribution is -2.50. The topological polar surface area (TPSA) is 119 Å². The van der Waals surface area contributed by atoms with Gasteiger partial charge in [0.1, 0.15) is 17.0 Å². The number of anilines is 2. The van der Waals surface area contributed by atoms with E-state index in [-0.39, 0.29) is 5.75 Å². The van der Waals surface area contributed by atoms with Gasteiger partial charge in [0, 0.05) is 56.4 Å². The minimum absolute atomic E-state index is 0.180. The van der Waals surface area contributed by atoms with E-state index in [0.29, 0.717) is 30.4 Å². The zero-order chi connectivity index (χ0) is 29.5. The number of piperazine rings is 1. The molecule has 1 aliphatic rings. The van der Waals surface area contributed by atoms with Gasteiger partial charge < -0.3 is 15.4 Å². The monoisotopic (exact) mass is 571 g/mol. The summed E-state index contributed by atoms with van der Waals surface area (Å²) in [5, 5.41) is 0. The Kier molecular flexibility index (Phi) is 6.67. The molecule has 0 aliphatic carbocycles. The lowest BCUT2D eigenvalue weighted by Gasteiger charge is -2.36. The molecule has 3 aromatic heterocycles. The van der Waals surface area contributed by atoms with Crippen LogP contribution in [-0.4, -0.2) is 57.7 Å². The minimum Gasteiger partial charge on any atom is -0.491 e. The molecule has 0 saturated carbocycles. The number of benzene rings is 2. The summed E-state index contributed by atoms with van der Waals surface area (Å²) in [4.78, 5) is 42.2. The maximum absolute atomic E-state index is 12.1. The van der Waals surface area contributed by atoms with Crippen LogP contribution in [0.5, 0.6) is 5.75 Å². The zero-order valence-electron chi connectivity index (χ0n) is 23.6. The molecule has 4 heterocycles. The molecule has 10 nitrogen and oxygen atoms in total. The predicted molar refractivity (Wildman–Crippen MR) is 167 cm³/mol. The number of ether oxygens (including phenoxy) is 1. The third kappa shape index (κ3) is 4.71. The van der Waals surface area contributed by atoms with Gasteiger partial charge in [-0.15, -0.1) is 0 Å². The summed E-state index contributed by atoms with van der Waals surface area (Å²) < 4.78 is 7.15. The van der Waals surface area contributed by atoms with Crippen LogP contribution >= 0.6 is 0 Å². The molecule has 43 heavy (non-hydrogen) atoms. The van der Waals surface area contributed by atoms with E-state index in [1.165, 1.54) is 7.11 Å². The number of fused-ring (bicyclic) bond motifs is 1. The number of pyridine rings is 2. The number of hydrogen-bond donors (Lipinski definition) is 1. The van der Waals surface area contributed by atoms with E-state index >= 15 is 0 Å². The maximum Gasteiger partial charge on any atom is 0.272 e. The fourth-order valence-electron chi connectivity index (χ4n) is 5.76. The van der Waals surface area contributed by atoms with Gasteiger partial charge in [0.15, 0.2) is 17.2 Å². The molecular weight excluding hydrogens is 542 g/mol. The standard InChI is InChI=1S/C33H29N7O3/c1-43-30-27(28(41)29(30)42)39-16-14-38(15-17-39)20-21-9-11-24(12-10-21)40-32(25-8-5-13-35-31(25)34)37-26-18-23(19-36-33(26)40)22-6-3-2-4-7-22/h2-13,18-19H,14-17,20H2,1H3,(H2,34,35). The van der Waals surface area contributed by atoms with E-state index in [9.17, 15) is 9.59 Å². The smallest absolute Gasteiger partial charge is 0.272 e. The highest BCUT2D eigenvalue weighted by molar-refractivity contribution is 5.85. The molecule has 0 unspecified atom stereocenters. The molecular formula is C33H29N7O3. The van der Waals surface area contributed by atoms with E-state index < -0.39 is 10.9 Å². The average Bonchev–Trinajstić information content (AvgIpc) is 3.43. The Balaban J connectivity index is 1.16. The van der Waals surface area contributed by atoms with E-state index in [1.54, 1.807) is 6.20 Å². The summed E-state index contributed by atoms with van der Waals surface area (Å²) in [6.45, 7) is 3.63. The Hall–Kier alpha value is -5.35. The number of nitrogens with zero attached hydrogens (tertiary/aromatic N) is 6. The van der Waals surface area contributed by atoms with Gasteiger partial charge in [-0.25, -0.2) is 15.0 Å². The molecule has 0 spiro atoms. The van der Waals surface area contributed by atoms with Crippen molar-refractivity contribution < 1.29 is 4.74 Å². The second-order valence-corrected chi connectivity index (χ2v) is 10.6. The zero-order valence-corrected chi connectivity index (χ0v) is 23.6. The van der Waals surface area contributed by atoms with Crippen molar-refractivity contribution in [3.05, 3.63) is 111 Å². The molecule has 7 rings (SSSR count).